The molecule has 8 heteroatoms. The van der Waals surface area contributed by atoms with Crippen molar-refractivity contribution < 1.29 is 9.69 Å². The van der Waals surface area contributed by atoms with E-state index < -0.39 is 0 Å². The lowest BCUT2D eigenvalue weighted by Gasteiger charge is -2.31. The third-order valence-electron chi connectivity index (χ3n) is 5.13. The van der Waals surface area contributed by atoms with Crippen LogP contribution in [0.1, 0.15) is 16.6 Å². The van der Waals surface area contributed by atoms with Crippen LogP contribution >= 0.6 is 23.6 Å². The zero-order valence-corrected chi connectivity index (χ0v) is 17.5. The second-order valence-electron chi connectivity index (χ2n) is 6.89. The van der Waals surface area contributed by atoms with Crippen molar-refractivity contribution in [2.75, 3.05) is 26.2 Å². The number of carbonyl (C=O) groups excluding carboxylic acids is 1. The number of carbonyl (C=O) groups is 1. The molecule has 0 radical (unpaired) electrons. The molecule has 0 aliphatic carbocycles. The molecule has 1 aromatic carbocycles. The summed E-state index contributed by atoms with van der Waals surface area (Å²) in [5, 5.41) is 6.76. The predicted octanol–water partition coefficient (Wildman–Crippen LogP) is 2.16. The monoisotopic (exact) mass is 414 g/mol. The second kappa shape index (κ2) is 8.38. The standard InChI is InChI=1S/C20H23N5OS2/c1-2-24-18(16-7-4-3-5-8-16)21-25(20(24)27)15-22-10-12-23(13-11-22)19(26)17-9-6-14-28-17/h3-9,14H,2,10-13,15H2,1H3/p+1. The van der Waals surface area contributed by atoms with Crippen LogP contribution in [0, 0.1) is 4.77 Å². The van der Waals surface area contributed by atoms with Gasteiger partial charge in [0.2, 0.25) is 4.77 Å². The molecule has 6 nitrogen and oxygen atoms in total. The highest BCUT2D eigenvalue weighted by Crippen LogP contribution is 2.17. The molecule has 0 saturated carbocycles. The van der Waals surface area contributed by atoms with Crippen molar-refractivity contribution in [1.82, 2.24) is 19.2 Å². The first-order chi connectivity index (χ1) is 13.7. The second-order valence-corrected chi connectivity index (χ2v) is 8.21. The lowest BCUT2D eigenvalue weighted by Crippen LogP contribution is -3.14. The molecule has 0 atom stereocenters. The molecular weight excluding hydrogens is 390 g/mol. The van der Waals surface area contributed by atoms with E-state index in [-0.39, 0.29) is 5.91 Å². The Kier molecular flexibility index (Phi) is 5.70. The Morgan fingerprint density at radius 1 is 1.18 bits per heavy atom. The Morgan fingerprint density at radius 2 is 1.93 bits per heavy atom. The van der Waals surface area contributed by atoms with E-state index in [4.69, 9.17) is 17.3 Å². The molecule has 0 unspecified atom stereocenters. The zero-order valence-electron chi connectivity index (χ0n) is 15.9. The molecule has 4 rings (SSSR count). The van der Waals surface area contributed by atoms with Gasteiger partial charge >= 0.3 is 0 Å². The number of hydrogen-bond donors (Lipinski definition) is 1. The van der Waals surface area contributed by atoms with Gasteiger partial charge in [0.15, 0.2) is 12.5 Å². The van der Waals surface area contributed by atoms with Gasteiger partial charge in [0.05, 0.1) is 31.1 Å². The van der Waals surface area contributed by atoms with Gasteiger partial charge in [-0.15, -0.1) is 16.4 Å². The van der Waals surface area contributed by atoms with Crippen molar-refractivity contribution in [2.24, 2.45) is 0 Å². The highest BCUT2D eigenvalue weighted by molar-refractivity contribution is 7.71. The number of nitrogens with zero attached hydrogens (tertiary/aromatic N) is 4. The number of rotatable bonds is 5. The average Bonchev–Trinajstić information content (AvgIpc) is 3.37. The predicted molar refractivity (Wildman–Crippen MR) is 113 cm³/mol. The van der Waals surface area contributed by atoms with Gasteiger partial charge < -0.3 is 14.4 Å². The Labute approximate surface area is 173 Å². The van der Waals surface area contributed by atoms with Crippen molar-refractivity contribution in [3.63, 3.8) is 0 Å². The lowest BCUT2D eigenvalue weighted by atomic mass is 10.2. The molecule has 1 amide bonds. The molecule has 1 N–H and O–H groups in total. The number of quaternary nitrogens is 1. The molecule has 3 aromatic rings. The lowest BCUT2D eigenvalue weighted by molar-refractivity contribution is -0.927. The minimum absolute atomic E-state index is 0.146. The summed E-state index contributed by atoms with van der Waals surface area (Å²) < 4.78 is 4.78. The van der Waals surface area contributed by atoms with E-state index in [1.54, 1.807) is 0 Å². The molecule has 28 heavy (non-hydrogen) atoms. The summed E-state index contributed by atoms with van der Waals surface area (Å²) in [6.45, 7) is 6.94. The number of thiophene rings is 1. The summed E-state index contributed by atoms with van der Waals surface area (Å²) in [5.41, 5.74) is 1.08. The van der Waals surface area contributed by atoms with Gasteiger partial charge in [-0.1, -0.05) is 36.4 Å². The average molecular weight is 415 g/mol. The van der Waals surface area contributed by atoms with Crippen LogP contribution in [0.5, 0.6) is 0 Å². The topological polar surface area (TPSA) is 47.5 Å². The third kappa shape index (κ3) is 3.80. The summed E-state index contributed by atoms with van der Waals surface area (Å²) in [6.07, 6.45) is 0. The summed E-state index contributed by atoms with van der Waals surface area (Å²) in [7, 11) is 0. The molecule has 0 spiro atoms. The zero-order chi connectivity index (χ0) is 19.5. The van der Waals surface area contributed by atoms with Gasteiger partial charge in [-0.2, -0.15) is 4.68 Å². The Bertz CT molecular complexity index is 986. The van der Waals surface area contributed by atoms with Crippen molar-refractivity contribution >= 4 is 29.5 Å². The van der Waals surface area contributed by atoms with Gasteiger partial charge in [-0.3, -0.25) is 4.79 Å². The third-order valence-corrected chi connectivity index (χ3v) is 6.42. The number of aromatic nitrogens is 3. The molecule has 3 heterocycles. The number of piperazine rings is 1. The normalized spacial score (nSPS) is 15.1. The first kappa shape index (κ1) is 19.0. The van der Waals surface area contributed by atoms with E-state index in [1.807, 2.05) is 45.3 Å². The molecule has 1 aliphatic heterocycles. The van der Waals surface area contributed by atoms with Crippen LogP contribution < -0.4 is 4.90 Å². The minimum Gasteiger partial charge on any atom is -0.327 e. The molecule has 1 fully saturated rings. The largest absolute Gasteiger partial charge is 0.327 e. The maximum atomic E-state index is 12.5. The number of hydrogen-bond acceptors (Lipinski definition) is 4. The van der Waals surface area contributed by atoms with Gasteiger partial charge in [0.25, 0.3) is 5.91 Å². The SMILES string of the molecule is CCn1c(-c2ccccc2)nn(C[NH+]2CCN(C(=O)c3cccs3)CC2)c1=S. The quantitative estimate of drug-likeness (QED) is 0.651. The van der Waals surface area contributed by atoms with Crippen molar-refractivity contribution in [3.8, 4) is 11.4 Å². The number of nitrogens with one attached hydrogen (secondary N) is 1. The van der Waals surface area contributed by atoms with E-state index in [0.29, 0.717) is 0 Å². The van der Waals surface area contributed by atoms with Crippen LogP contribution in [0.4, 0.5) is 0 Å². The number of amides is 1. The van der Waals surface area contributed by atoms with Crippen molar-refractivity contribution in [3.05, 3.63) is 57.5 Å². The van der Waals surface area contributed by atoms with E-state index in [9.17, 15) is 4.79 Å². The fourth-order valence-electron chi connectivity index (χ4n) is 3.58. The summed E-state index contributed by atoms with van der Waals surface area (Å²) in [6, 6.07) is 14.0. The molecular formula is C20H24N5OS2+. The maximum Gasteiger partial charge on any atom is 0.264 e. The van der Waals surface area contributed by atoms with E-state index in [1.165, 1.54) is 16.2 Å². The van der Waals surface area contributed by atoms with E-state index in [0.717, 1.165) is 60.4 Å². The van der Waals surface area contributed by atoms with Gasteiger partial charge in [-0.05, 0) is 30.6 Å². The van der Waals surface area contributed by atoms with E-state index in [2.05, 4.69) is 23.6 Å². The Hall–Kier alpha value is -2.29. The Balaban J connectivity index is 1.45. The summed E-state index contributed by atoms with van der Waals surface area (Å²) in [5.74, 6) is 1.06. The number of benzene rings is 1. The van der Waals surface area contributed by atoms with Gasteiger partial charge in [0, 0.05) is 12.1 Å². The molecule has 1 aliphatic rings. The van der Waals surface area contributed by atoms with Gasteiger partial charge in [-0.25, -0.2) is 0 Å². The van der Waals surface area contributed by atoms with Crippen molar-refractivity contribution in [2.45, 2.75) is 20.1 Å². The van der Waals surface area contributed by atoms with Gasteiger partial charge in [0.1, 0.15) is 0 Å². The fourth-order valence-corrected chi connectivity index (χ4v) is 4.59. The maximum absolute atomic E-state index is 12.5. The van der Waals surface area contributed by atoms with Crippen LogP contribution in [0.3, 0.4) is 0 Å². The first-order valence-electron chi connectivity index (χ1n) is 9.56. The summed E-state index contributed by atoms with van der Waals surface area (Å²) >= 11 is 7.19. The highest BCUT2D eigenvalue weighted by Gasteiger charge is 2.26. The van der Waals surface area contributed by atoms with Crippen LogP contribution in [0.25, 0.3) is 11.4 Å². The van der Waals surface area contributed by atoms with Crippen LogP contribution in [-0.4, -0.2) is 51.3 Å². The van der Waals surface area contributed by atoms with Crippen LogP contribution in [0.15, 0.2) is 47.8 Å². The first-order valence-corrected chi connectivity index (χ1v) is 10.9. The molecule has 146 valence electrons. The summed E-state index contributed by atoms with van der Waals surface area (Å²) in [4.78, 5) is 16.7. The van der Waals surface area contributed by atoms with E-state index >= 15 is 0 Å². The molecule has 0 bridgehead atoms. The molecule has 1 saturated heterocycles. The van der Waals surface area contributed by atoms with Crippen LogP contribution in [0.2, 0.25) is 0 Å². The minimum atomic E-state index is 0.146. The van der Waals surface area contributed by atoms with Crippen LogP contribution in [-0.2, 0) is 13.2 Å². The highest BCUT2D eigenvalue weighted by atomic mass is 32.1. The fraction of sp³-hybridized carbons (Fsp3) is 0.350. The Morgan fingerprint density at radius 3 is 2.57 bits per heavy atom. The molecule has 2 aromatic heterocycles. The van der Waals surface area contributed by atoms with Crippen molar-refractivity contribution in [1.29, 1.82) is 0 Å². The smallest absolute Gasteiger partial charge is 0.264 e.